The van der Waals surface area contributed by atoms with Gasteiger partial charge < -0.3 is 10.0 Å². The van der Waals surface area contributed by atoms with Crippen LogP contribution in [0, 0.1) is 35.8 Å². The molecule has 1 aliphatic heterocycles. The lowest BCUT2D eigenvalue weighted by Gasteiger charge is -2.23. The third-order valence-corrected chi connectivity index (χ3v) is 10.4. The number of thiophene rings is 1. The molecule has 0 fully saturated rings. The number of Topliss-reactive ketones (excluding diaryl/α,β-unsaturated/α-hetero) is 2. The molecule has 1 aliphatic carbocycles. The van der Waals surface area contributed by atoms with Crippen LogP contribution in [0.2, 0.25) is 0 Å². The number of nitrogens with zero attached hydrogens (tertiary/aromatic N) is 6. The summed E-state index contributed by atoms with van der Waals surface area (Å²) in [5.74, 6) is -2.05. The second-order valence-electron chi connectivity index (χ2n) is 11.3. The molecule has 0 saturated heterocycles. The molecule has 11 heteroatoms. The molecule has 0 saturated carbocycles. The van der Waals surface area contributed by atoms with Gasteiger partial charge in [0, 0.05) is 51.5 Å². The molecule has 5 aromatic rings. The summed E-state index contributed by atoms with van der Waals surface area (Å²) in [5, 5.41) is 31.6. The van der Waals surface area contributed by atoms with Crippen molar-refractivity contribution in [2.45, 2.75) is 0 Å². The fourth-order valence-electron chi connectivity index (χ4n) is 5.72. The molecule has 0 amide bonds. The first kappa shape index (κ1) is 33.2. The van der Waals surface area contributed by atoms with Crippen molar-refractivity contribution in [1.82, 2.24) is 4.58 Å². The lowest BCUT2D eigenvalue weighted by atomic mass is 10.1. The summed E-state index contributed by atoms with van der Waals surface area (Å²) in [6.45, 7) is 14.7. The molecule has 1 N–H and O–H groups in total. The van der Waals surface area contributed by atoms with Crippen LogP contribution in [0.25, 0.3) is 15.3 Å². The number of allylic oxidation sites excluding steroid dienone is 3. The molecular formula is C41H21N6O3S2+. The van der Waals surface area contributed by atoms with Crippen molar-refractivity contribution in [2.24, 2.45) is 0 Å². The van der Waals surface area contributed by atoms with Gasteiger partial charge in [-0.1, -0.05) is 24.3 Å². The molecule has 2 aliphatic rings. The Kier molecular flexibility index (Phi) is 8.89. The predicted octanol–water partition coefficient (Wildman–Crippen LogP) is 9.97. The zero-order valence-corrected chi connectivity index (χ0v) is 28.4. The SMILES string of the molecule is [C-]#[N+]c1ccc(N(c2ccc([N+]#[C-])cc2)c2ccc(C3=C(O)/C(=C4\C=CC(=[N+](c5ccc(C#N)cc5)c5ccc(C#N)cc5)S4)C(=O)C3=O)s2)cc1. The van der Waals surface area contributed by atoms with Crippen molar-refractivity contribution in [3.63, 3.8) is 0 Å². The largest absolute Gasteiger partial charge is 0.506 e. The van der Waals surface area contributed by atoms with E-state index in [2.05, 4.69) is 21.8 Å². The third-order valence-electron chi connectivity index (χ3n) is 8.23. The highest BCUT2D eigenvalue weighted by Crippen LogP contribution is 2.45. The van der Waals surface area contributed by atoms with Gasteiger partial charge in [-0.25, -0.2) is 9.69 Å². The number of anilines is 3. The number of carbonyl (C=O) groups is 2. The number of aliphatic hydroxyl groups is 1. The highest BCUT2D eigenvalue weighted by molar-refractivity contribution is 8.18. The Balaban J connectivity index is 1.29. The van der Waals surface area contributed by atoms with E-state index in [1.54, 1.807) is 121 Å². The first-order valence-corrected chi connectivity index (χ1v) is 17.1. The Bertz CT molecular complexity index is 2490. The fraction of sp³-hybridized carbons (Fsp3) is 0. The van der Waals surface area contributed by atoms with Gasteiger partial charge in [0.2, 0.25) is 22.9 Å². The van der Waals surface area contributed by atoms with Crippen LogP contribution in [-0.4, -0.2) is 21.7 Å². The van der Waals surface area contributed by atoms with E-state index >= 15 is 0 Å². The van der Waals surface area contributed by atoms with Crippen LogP contribution in [0.3, 0.4) is 0 Å². The predicted molar refractivity (Wildman–Crippen MR) is 204 cm³/mol. The first-order chi connectivity index (χ1) is 25.3. The molecular weight excluding hydrogens is 689 g/mol. The third kappa shape index (κ3) is 6.07. The number of hydrogen-bond donors (Lipinski definition) is 1. The molecule has 0 unspecified atom stereocenters. The second kappa shape index (κ2) is 13.9. The van der Waals surface area contributed by atoms with Gasteiger partial charge in [0.15, 0.2) is 11.4 Å². The highest BCUT2D eigenvalue weighted by atomic mass is 32.2. The Hall–Kier alpha value is -7.28. The lowest BCUT2D eigenvalue weighted by Crippen LogP contribution is -2.12. The maximum atomic E-state index is 13.6. The van der Waals surface area contributed by atoms with E-state index in [0.29, 0.717) is 42.3 Å². The summed E-state index contributed by atoms with van der Waals surface area (Å²) in [6.07, 6.45) is 3.47. The lowest BCUT2D eigenvalue weighted by molar-refractivity contribution is -0.130. The van der Waals surface area contributed by atoms with Crippen molar-refractivity contribution in [3.8, 4) is 12.1 Å². The van der Waals surface area contributed by atoms with Crippen molar-refractivity contribution in [2.75, 3.05) is 4.90 Å². The molecule has 4 aromatic carbocycles. The van der Waals surface area contributed by atoms with Crippen LogP contribution in [0.15, 0.2) is 138 Å². The summed E-state index contributed by atoms with van der Waals surface area (Å²) in [4.78, 5) is 36.8. The van der Waals surface area contributed by atoms with Gasteiger partial charge in [-0.2, -0.15) is 10.5 Å². The van der Waals surface area contributed by atoms with Gasteiger partial charge in [-0.15, -0.1) is 15.9 Å². The normalized spacial score (nSPS) is 14.9. The number of thioether (sulfide) groups is 1. The number of rotatable bonds is 6. The maximum absolute atomic E-state index is 13.6. The van der Waals surface area contributed by atoms with Crippen LogP contribution in [0.4, 0.5) is 39.1 Å². The van der Waals surface area contributed by atoms with Crippen molar-refractivity contribution in [3.05, 3.63) is 176 Å². The Morgan fingerprint density at radius 3 is 1.63 bits per heavy atom. The van der Waals surface area contributed by atoms with E-state index in [0.717, 1.165) is 22.7 Å². The second-order valence-corrected chi connectivity index (χ2v) is 13.4. The van der Waals surface area contributed by atoms with Crippen LogP contribution >= 0.6 is 23.1 Å². The van der Waals surface area contributed by atoms with Gasteiger partial charge in [0.25, 0.3) is 5.04 Å². The monoisotopic (exact) mass is 709 g/mol. The summed E-state index contributed by atoms with van der Waals surface area (Å²) in [5.41, 5.74) is 4.65. The number of aliphatic hydroxyl groups excluding tert-OH is 1. The van der Waals surface area contributed by atoms with E-state index in [9.17, 15) is 25.2 Å². The average molecular weight is 710 g/mol. The number of carbonyl (C=O) groups excluding carboxylic acids is 2. The summed E-state index contributed by atoms with van der Waals surface area (Å²) in [6, 6.07) is 35.6. The number of ketones is 2. The maximum Gasteiger partial charge on any atom is 0.251 e. The van der Waals surface area contributed by atoms with E-state index in [-0.39, 0.29) is 11.1 Å². The van der Waals surface area contributed by atoms with E-state index in [4.69, 9.17) is 13.1 Å². The van der Waals surface area contributed by atoms with Gasteiger partial charge in [0.1, 0.15) is 10.8 Å². The molecule has 52 heavy (non-hydrogen) atoms. The minimum absolute atomic E-state index is 0.0890. The molecule has 244 valence electrons. The van der Waals surface area contributed by atoms with E-state index in [1.807, 2.05) is 9.48 Å². The summed E-state index contributed by atoms with van der Waals surface area (Å²) < 4.78 is 1.90. The molecule has 0 atom stereocenters. The minimum Gasteiger partial charge on any atom is -0.506 e. The van der Waals surface area contributed by atoms with Crippen molar-refractivity contribution < 1.29 is 14.7 Å². The van der Waals surface area contributed by atoms with Crippen LogP contribution in [-0.2, 0) is 9.59 Å². The Morgan fingerprint density at radius 2 is 1.15 bits per heavy atom. The number of hydrogen-bond acceptors (Lipinski definition) is 8. The van der Waals surface area contributed by atoms with Gasteiger partial charge in [-0.05, 0) is 78.5 Å². The van der Waals surface area contributed by atoms with Gasteiger partial charge in [0.05, 0.1) is 47.6 Å². The average Bonchev–Trinajstić information content (AvgIpc) is 3.91. The van der Waals surface area contributed by atoms with Crippen LogP contribution in [0.5, 0.6) is 0 Å². The molecule has 9 nitrogen and oxygen atoms in total. The quantitative estimate of drug-likeness (QED) is 0.0807. The summed E-state index contributed by atoms with van der Waals surface area (Å²) in [7, 11) is 0. The Labute approximate surface area is 306 Å². The van der Waals surface area contributed by atoms with Crippen molar-refractivity contribution >= 4 is 84.4 Å². The molecule has 0 bridgehead atoms. The van der Waals surface area contributed by atoms with Crippen molar-refractivity contribution in [1.29, 1.82) is 10.5 Å². The molecule has 7 rings (SSSR count). The minimum atomic E-state index is -0.819. The zero-order valence-electron chi connectivity index (χ0n) is 26.8. The topological polar surface area (TPSA) is 117 Å². The molecule has 0 radical (unpaired) electrons. The Morgan fingerprint density at radius 1 is 0.654 bits per heavy atom. The summed E-state index contributed by atoms with van der Waals surface area (Å²) >= 11 is 2.43. The highest BCUT2D eigenvalue weighted by Gasteiger charge is 2.41. The standard InChI is InChI=1S/C41H20N6O3S2/c1-44-27-7-15-31(16-8-27)47(32-17-9-28(45-2)10-18-32)36-22-20-34(52-36)38-39(48)37(40(49)41(38)50)33-19-21-35(51-33)46(29-11-3-25(23-42)4-12-29)30-13-5-26(24-43)6-14-30/h3-22H/p+1. The molecule has 2 heterocycles. The van der Waals surface area contributed by atoms with Crippen LogP contribution in [0.1, 0.15) is 16.0 Å². The fourth-order valence-corrected chi connectivity index (χ4v) is 7.90. The smallest absolute Gasteiger partial charge is 0.251 e. The zero-order chi connectivity index (χ0) is 36.4. The first-order valence-electron chi connectivity index (χ1n) is 15.5. The van der Waals surface area contributed by atoms with Crippen LogP contribution < -0.4 is 9.48 Å². The van der Waals surface area contributed by atoms with E-state index < -0.39 is 17.3 Å². The van der Waals surface area contributed by atoms with Gasteiger partial charge in [-0.3, -0.25) is 9.59 Å². The molecule has 1 aromatic heterocycles. The molecule has 0 spiro atoms. The van der Waals surface area contributed by atoms with Gasteiger partial charge >= 0.3 is 0 Å². The number of nitriles is 2. The van der Waals surface area contributed by atoms with E-state index in [1.165, 1.54) is 23.1 Å². The number of benzene rings is 4.